The number of aromatic nitrogens is 2. The highest BCUT2D eigenvalue weighted by Gasteiger charge is 2.38. The molecule has 1 atom stereocenters. The zero-order valence-corrected chi connectivity index (χ0v) is 10.3. The number of carboxylic acid groups (broad SMARTS) is 1. The van der Waals surface area contributed by atoms with Crippen LogP contribution in [0.15, 0.2) is 12.3 Å². The van der Waals surface area contributed by atoms with Crippen molar-refractivity contribution in [3.8, 4) is 0 Å². The zero-order valence-electron chi connectivity index (χ0n) is 10.3. The summed E-state index contributed by atoms with van der Waals surface area (Å²) in [7, 11) is 0. The average Bonchev–Trinajstić information content (AvgIpc) is 2.97. The van der Waals surface area contributed by atoms with Crippen molar-refractivity contribution in [3.05, 3.63) is 18.0 Å². The Bertz CT molecular complexity index is 412. The second-order valence-electron chi connectivity index (χ2n) is 5.00. The van der Waals surface area contributed by atoms with Crippen LogP contribution in [-0.2, 0) is 11.3 Å². The monoisotopic (exact) mass is 237 g/mol. The molecule has 0 radical (unpaired) electrons. The molecule has 2 rings (SSSR count). The number of rotatable bonds is 6. The SMILES string of the molecule is Cc1ccnn1CCC(C)(NC1CC1)C(=O)O. The molecule has 5 nitrogen and oxygen atoms in total. The number of carbonyl (C=O) groups is 1. The second kappa shape index (κ2) is 4.49. The van der Waals surface area contributed by atoms with Gasteiger partial charge in [-0.05, 0) is 39.2 Å². The van der Waals surface area contributed by atoms with Gasteiger partial charge in [0.05, 0.1) is 0 Å². The first-order valence-electron chi connectivity index (χ1n) is 6.01. The third kappa shape index (κ3) is 2.85. The van der Waals surface area contributed by atoms with E-state index in [1.54, 1.807) is 13.1 Å². The summed E-state index contributed by atoms with van der Waals surface area (Å²) in [5.41, 5.74) is 0.212. The second-order valence-corrected chi connectivity index (χ2v) is 5.00. The van der Waals surface area contributed by atoms with Gasteiger partial charge in [-0.2, -0.15) is 5.10 Å². The Morgan fingerprint density at radius 3 is 2.88 bits per heavy atom. The van der Waals surface area contributed by atoms with Crippen molar-refractivity contribution in [2.75, 3.05) is 0 Å². The molecular weight excluding hydrogens is 218 g/mol. The summed E-state index contributed by atoms with van der Waals surface area (Å²) in [6, 6.07) is 2.31. The van der Waals surface area contributed by atoms with Crippen LogP contribution in [-0.4, -0.2) is 32.4 Å². The molecule has 1 aromatic heterocycles. The maximum Gasteiger partial charge on any atom is 0.323 e. The number of hydrogen-bond acceptors (Lipinski definition) is 3. The van der Waals surface area contributed by atoms with Gasteiger partial charge in [0.1, 0.15) is 5.54 Å². The molecule has 0 spiro atoms. The molecule has 1 aromatic rings. The summed E-state index contributed by atoms with van der Waals surface area (Å²) in [5, 5.41) is 16.7. The summed E-state index contributed by atoms with van der Waals surface area (Å²) in [4.78, 5) is 11.3. The molecule has 1 aliphatic rings. The quantitative estimate of drug-likeness (QED) is 0.779. The fourth-order valence-electron chi connectivity index (χ4n) is 1.88. The van der Waals surface area contributed by atoms with E-state index >= 15 is 0 Å². The minimum atomic E-state index is -0.848. The van der Waals surface area contributed by atoms with E-state index in [0.717, 1.165) is 18.5 Å². The van der Waals surface area contributed by atoms with E-state index in [0.29, 0.717) is 19.0 Å². The van der Waals surface area contributed by atoms with Crippen molar-refractivity contribution in [3.63, 3.8) is 0 Å². The van der Waals surface area contributed by atoms with E-state index in [2.05, 4.69) is 10.4 Å². The average molecular weight is 237 g/mol. The maximum atomic E-state index is 11.3. The van der Waals surface area contributed by atoms with E-state index in [1.165, 1.54) is 0 Å². The van der Waals surface area contributed by atoms with Crippen molar-refractivity contribution >= 4 is 5.97 Å². The standard InChI is InChI=1S/C12H19N3O2/c1-9-5-7-13-15(9)8-6-12(2,11(16)17)14-10-3-4-10/h5,7,10,14H,3-4,6,8H2,1-2H3,(H,16,17). The molecule has 1 unspecified atom stereocenters. The number of carboxylic acids is 1. The van der Waals surface area contributed by atoms with Gasteiger partial charge in [0, 0.05) is 24.5 Å². The Labute approximate surface area is 101 Å². The van der Waals surface area contributed by atoms with Crippen molar-refractivity contribution < 1.29 is 9.90 Å². The van der Waals surface area contributed by atoms with E-state index in [4.69, 9.17) is 0 Å². The highest BCUT2D eigenvalue weighted by molar-refractivity contribution is 5.78. The zero-order chi connectivity index (χ0) is 12.5. The number of hydrogen-bond donors (Lipinski definition) is 2. The van der Waals surface area contributed by atoms with Crippen molar-refractivity contribution in [1.29, 1.82) is 0 Å². The van der Waals surface area contributed by atoms with Gasteiger partial charge >= 0.3 is 5.97 Å². The fourth-order valence-corrected chi connectivity index (χ4v) is 1.88. The first-order valence-corrected chi connectivity index (χ1v) is 6.01. The molecule has 5 heteroatoms. The van der Waals surface area contributed by atoms with Crippen molar-refractivity contribution in [1.82, 2.24) is 15.1 Å². The molecule has 1 aliphatic carbocycles. The fraction of sp³-hybridized carbons (Fsp3) is 0.667. The van der Waals surface area contributed by atoms with E-state index in [9.17, 15) is 9.90 Å². The van der Waals surface area contributed by atoms with Crippen LogP contribution in [0, 0.1) is 6.92 Å². The summed E-state index contributed by atoms with van der Waals surface area (Å²) < 4.78 is 1.84. The highest BCUT2D eigenvalue weighted by Crippen LogP contribution is 2.24. The van der Waals surface area contributed by atoms with Gasteiger partial charge in [0.25, 0.3) is 0 Å². The lowest BCUT2D eigenvalue weighted by Gasteiger charge is -2.26. The molecule has 0 bridgehead atoms. The lowest BCUT2D eigenvalue weighted by molar-refractivity contribution is -0.144. The Morgan fingerprint density at radius 1 is 1.71 bits per heavy atom. The predicted molar refractivity (Wildman–Crippen MR) is 63.8 cm³/mol. The largest absolute Gasteiger partial charge is 0.480 e. The number of aryl methyl sites for hydroxylation is 2. The Hall–Kier alpha value is -1.36. The Kier molecular flexibility index (Phi) is 3.19. The van der Waals surface area contributed by atoms with Crippen LogP contribution >= 0.6 is 0 Å². The highest BCUT2D eigenvalue weighted by atomic mass is 16.4. The summed E-state index contributed by atoms with van der Waals surface area (Å²) in [6.07, 6.45) is 4.45. The maximum absolute atomic E-state index is 11.3. The van der Waals surface area contributed by atoms with Gasteiger partial charge in [-0.1, -0.05) is 0 Å². The minimum absolute atomic E-state index is 0.384. The molecule has 1 fully saturated rings. The topological polar surface area (TPSA) is 67.2 Å². The molecule has 17 heavy (non-hydrogen) atoms. The number of aliphatic carboxylic acids is 1. The van der Waals surface area contributed by atoms with Gasteiger partial charge in [0.15, 0.2) is 0 Å². The first-order chi connectivity index (χ1) is 8.01. The molecule has 0 aromatic carbocycles. The smallest absolute Gasteiger partial charge is 0.323 e. The Morgan fingerprint density at radius 2 is 2.41 bits per heavy atom. The summed E-state index contributed by atoms with van der Waals surface area (Å²) >= 11 is 0. The van der Waals surface area contributed by atoms with Crippen LogP contribution in [0.1, 0.15) is 31.9 Å². The van der Waals surface area contributed by atoms with Gasteiger partial charge < -0.3 is 5.11 Å². The van der Waals surface area contributed by atoms with Crippen LogP contribution < -0.4 is 5.32 Å². The van der Waals surface area contributed by atoms with Gasteiger partial charge in [0.2, 0.25) is 0 Å². The van der Waals surface area contributed by atoms with Crippen LogP contribution in [0.2, 0.25) is 0 Å². The van der Waals surface area contributed by atoms with E-state index in [-0.39, 0.29) is 0 Å². The minimum Gasteiger partial charge on any atom is -0.480 e. The molecular formula is C12H19N3O2. The van der Waals surface area contributed by atoms with Crippen LogP contribution in [0.4, 0.5) is 0 Å². The summed E-state index contributed by atoms with van der Waals surface area (Å²) in [6.45, 7) is 4.35. The molecule has 1 saturated carbocycles. The van der Waals surface area contributed by atoms with E-state index in [1.807, 2.05) is 17.7 Å². The van der Waals surface area contributed by atoms with Gasteiger partial charge in [-0.15, -0.1) is 0 Å². The van der Waals surface area contributed by atoms with Gasteiger partial charge in [-0.3, -0.25) is 14.8 Å². The third-order valence-corrected chi connectivity index (χ3v) is 3.32. The lowest BCUT2D eigenvalue weighted by Crippen LogP contribution is -2.51. The van der Waals surface area contributed by atoms with Crippen LogP contribution in [0.25, 0.3) is 0 Å². The molecule has 2 N–H and O–H groups in total. The molecule has 1 heterocycles. The predicted octanol–water partition coefficient (Wildman–Crippen LogP) is 1.18. The molecule has 94 valence electrons. The van der Waals surface area contributed by atoms with E-state index < -0.39 is 11.5 Å². The Balaban J connectivity index is 1.97. The lowest BCUT2D eigenvalue weighted by atomic mass is 9.98. The number of nitrogens with one attached hydrogen (secondary N) is 1. The van der Waals surface area contributed by atoms with Crippen LogP contribution in [0.3, 0.4) is 0 Å². The van der Waals surface area contributed by atoms with Crippen molar-refractivity contribution in [2.45, 2.75) is 51.2 Å². The summed E-state index contributed by atoms with van der Waals surface area (Å²) in [5.74, 6) is -0.783. The van der Waals surface area contributed by atoms with Crippen molar-refractivity contribution in [2.24, 2.45) is 0 Å². The normalized spacial score (nSPS) is 18.9. The van der Waals surface area contributed by atoms with Crippen LogP contribution in [0.5, 0.6) is 0 Å². The first kappa shape index (κ1) is 12.1. The molecule has 0 amide bonds. The third-order valence-electron chi connectivity index (χ3n) is 3.32. The number of nitrogens with zero attached hydrogens (tertiary/aromatic N) is 2. The molecule has 0 aliphatic heterocycles. The molecule has 0 saturated heterocycles. The van der Waals surface area contributed by atoms with Gasteiger partial charge in [-0.25, -0.2) is 0 Å².